The average Bonchev–Trinajstić information content (AvgIpc) is 3.00. The molecule has 2 aromatic rings. The van der Waals surface area contributed by atoms with Gasteiger partial charge in [-0.2, -0.15) is 11.3 Å². The summed E-state index contributed by atoms with van der Waals surface area (Å²) in [6.45, 7) is 3.57. The van der Waals surface area contributed by atoms with Crippen molar-refractivity contribution in [3.8, 4) is 0 Å². The molecule has 1 N–H and O–H groups in total. The summed E-state index contributed by atoms with van der Waals surface area (Å²) in [7, 11) is 0. The lowest BCUT2D eigenvalue weighted by atomic mass is 10.0. The summed E-state index contributed by atoms with van der Waals surface area (Å²) in [5, 5.41) is 6.94. The lowest BCUT2D eigenvalue weighted by molar-refractivity contribution is -0.147. The molecule has 0 saturated heterocycles. The Kier molecular flexibility index (Phi) is 6.19. The fourth-order valence-corrected chi connectivity index (χ4v) is 3.01. The Bertz CT molecular complexity index is 670. The molecule has 1 atom stereocenters. The largest absolute Gasteiger partial charge is 0.463 e. The van der Waals surface area contributed by atoms with Crippen LogP contribution in [0.3, 0.4) is 0 Å². The molecule has 0 aliphatic heterocycles. The molecule has 0 aliphatic carbocycles. The summed E-state index contributed by atoms with van der Waals surface area (Å²) in [5.74, 6) is -0.621. The van der Waals surface area contributed by atoms with E-state index in [0.717, 1.165) is 0 Å². The molecular formula is C17H18ClNO3S. The van der Waals surface area contributed by atoms with Gasteiger partial charge in [0, 0.05) is 10.4 Å². The van der Waals surface area contributed by atoms with Crippen LogP contribution in [0.2, 0.25) is 5.02 Å². The quantitative estimate of drug-likeness (QED) is 0.793. The van der Waals surface area contributed by atoms with Gasteiger partial charge in [-0.15, -0.1) is 0 Å². The highest BCUT2D eigenvalue weighted by Crippen LogP contribution is 2.26. The Labute approximate surface area is 144 Å². The molecule has 6 heteroatoms. The van der Waals surface area contributed by atoms with Gasteiger partial charge in [0.2, 0.25) is 0 Å². The van der Waals surface area contributed by atoms with E-state index in [1.54, 1.807) is 43.5 Å². The second-order valence-electron chi connectivity index (χ2n) is 5.30. The van der Waals surface area contributed by atoms with Crippen molar-refractivity contribution in [3.05, 3.63) is 57.2 Å². The third-order valence-corrected chi connectivity index (χ3v) is 4.13. The number of amides is 1. The monoisotopic (exact) mass is 351 g/mol. The molecule has 1 aromatic heterocycles. The summed E-state index contributed by atoms with van der Waals surface area (Å²) in [6.07, 6.45) is -0.181. The Balaban J connectivity index is 2.19. The standard InChI is InChI=1S/C17H18ClNO3S/c1-11(2)22-16(20)9-15(13-5-3-4-6-14(13)18)19-17(21)12-7-8-23-10-12/h3-8,10-11,15H,9H2,1-2H3,(H,19,21)/t15-/m1/s1. The van der Waals surface area contributed by atoms with Crippen molar-refractivity contribution in [2.45, 2.75) is 32.4 Å². The van der Waals surface area contributed by atoms with Crippen LogP contribution in [0.5, 0.6) is 0 Å². The first kappa shape index (κ1) is 17.5. The maximum atomic E-state index is 12.3. The molecule has 122 valence electrons. The highest BCUT2D eigenvalue weighted by atomic mass is 35.5. The minimum atomic E-state index is -0.539. The number of nitrogens with one attached hydrogen (secondary N) is 1. The van der Waals surface area contributed by atoms with Crippen molar-refractivity contribution < 1.29 is 14.3 Å². The van der Waals surface area contributed by atoms with E-state index >= 15 is 0 Å². The van der Waals surface area contributed by atoms with Crippen LogP contribution in [0.1, 0.15) is 42.2 Å². The molecule has 0 unspecified atom stereocenters. The Morgan fingerprint density at radius 3 is 2.61 bits per heavy atom. The van der Waals surface area contributed by atoms with Crippen molar-refractivity contribution in [1.82, 2.24) is 5.32 Å². The zero-order chi connectivity index (χ0) is 16.8. The van der Waals surface area contributed by atoms with Gasteiger partial charge in [0.25, 0.3) is 5.91 Å². The van der Waals surface area contributed by atoms with Gasteiger partial charge >= 0.3 is 5.97 Å². The second-order valence-corrected chi connectivity index (χ2v) is 6.49. The maximum absolute atomic E-state index is 12.3. The van der Waals surface area contributed by atoms with Gasteiger partial charge < -0.3 is 10.1 Å². The van der Waals surface area contributed by atoms with Crippen LogP contribution < -0.4 is 5.32 Å². The third-order valence-electron chi connectivity index (χ3n) is 3.11. The number of hydrogen-bond donors (Lipinski definition) is 1. The number of esters is 1. The van der Waals surface area contributed by atoms with Crippen molar-refractivity contribution in [1.29, 1.82) is 0 Å². The molecule has 0 saturated carbocycles. The highest BCUT2D eigenvalue weighted by molar-refractivity contribution is 7.08. The van der Waals surface area contributed by atoms with Gasteiger partial charge in [-0.05, 0) is 36.9 Å². The predicted molar refractivity (Wildman–Crippen MR) is 91.8 cm³/mol. The van der Waals surface area contributed by atoms with Crippen LogP contribution in [-0.2, 0) is 9.53 Å². The lowest BCUT2D eigenvalue weighted by Crippen LogP contribution is -2.31. The molecule has 0 spiro atoms. The van der Waals surface area contributed by atoms with Crippen LogP contribution in [0.15, 0.2) is 41.1 Å². The van der Waals surface area contributed by atoms with Gasteiger partial charge in [-0.1, -0.05) is 29.8 Å². The summed E-state index contributed by atoms with van der Waals surface area (Å²) in [6, 6.07) is 8.34. The summed E-state index contributed by atoms with van der Waals surface area (Å²) in [5.41, 5.74) is 1.25. The smallest absolute Gasteiger partial charge is 0.308 e. The molecule has 0 radical (unpaired) electrons. The molecule has 23 heavy (non-hydrogen) atoms. The summed E-state index contributed by atoms with van der Waals surface area (Å²) < 4.78 is 5.18. The number of halogens is 1. The number of carbonyl (C=O) groups excluding carboxylic acids is 2. The molecule has 1 aromatic carbocycles. The molecule has 0 bridgehead atoms. The first-order valence-corrected chi connectivity index (χ1v) is 8.56. The molecule has 2 rings (SSSR count). The minimum absolute atomic E-state index is 0.0256. The topological polar surface area (TPSA) is 55.4 Å². The number of benzene rings is 1. The van der Waals surface area contributed by atoms with E-state index in [1.807, 2.05) is 11.4 Å². The second kappa shape index (κ2) is 8.13. The molecule has 0 aliphatic rings. The van der Waals surface area contributed by atoms with Crippen LogP contribution >= 0.6 is 22.9 Å². The number of thiophene rings is 1. The summed E-state index contributed by atoms with van der Waals surface area (Å²) >= 11 is 7.65. The SMILES string of the molecule is CC(C)OC(=O)C[C@@H](NC(=O)c1ccsc1)c1ccccc1Cl. The van der Waals surface area contributed by atoms with E-state index in [4.69, 9.17) is 16.3 Å². The van der Waals surface area contributed by atoms with E-state index in [9.17, 15) is 9.59 Å². The zero-order valence-corrected chi connectivity index (χ0v) is 14.5. The lowest BCUT2D eigenvalue weighted by Gasteiger charge is -2.20. The minimum Gasteiger partial charge on any atom is -0.463 e. The van der Waals surface area contributed by atoms with Crippen molar-refractivity contribution in [2.75, 3.05) is 0 Å². The fourth-order valence-electron chi connectivity index (χ4n) is 2.11. The Morgan fingerprint density at radius 2 is 2.00 bits per heavy atom. The van der Waals surface area contributed by atoms with E-state index in [0.29, 0.717) is 16.1 Å². The molecule has 0 fully saturated rings. The van der Waals surface area contributed by atoms with Crippen molar-refractivity contribution in [2.24, 2.45) is 0 Å². The van der Waals surface area contributed by atoms with E-state index in [1.165, 1.54) is 11.3 Å². The van der Waals surface area contributed by atoms with E-state index < -0.39 is 6.04 Å². The van der Waals surface area contributed by atoms with E-state index in [-0.39, 0.29) is 24.4 Å². The highest BCUT2D eigenvalue weighted by Gasteiger charge is 2.22. The molecule has 1 amide bonds. The molecule has 4 nitrogen and oxygen atoms in total. The average molecular weight is 352 g/mol. The zero-order valence-electron chi connectivity index (χ0n) is 12.9. The first-order chi connectivity index (χ1) is 11.0. The van der Waals surface area contributed by atoms with Gasteiger partial charge in [-0.3, -0.25) is 9.59 Å². The fraction of sp³-hybridized carbons (Fsp3) is 0.294. The van der Waals surface area contributed by atoms with Crippen molar-refractivity contribution >= 4 is 34.8 Å². The van der Waals surface area contributed by atoms with Gasteiger partial charge in [-0.25, -0.2) is 0 Å². The number of ether oxygens (including phenoxy) is 1. The van der Waals surface area contributed by atoms with Crippen LogP contribution in [0.4, 0.5) is 0 Å². The first-order valence-electron chi connectivity index (χ1n) is 7.24. The Hall–Kier alpha value is -1.85. The number of carbonyl (C=O) groups is 2. The number of hydrogen-bond acceptors (Lipinski definition) is 4. The van der Waals surface area contributed by atoms with Gasteiger partial charge in [0.15, 0.2) is 0 Å². The van der Waals surface area contributed by atoms with Crippen molar-refractivity contribution in [3.63, 3.8) is 0 Å². The van der Waals surface area contributed by atoms with Crippen LogP contribution in [-0.4, -0.2) is 18.0 Å². The maximum Gasteiger partial charge on any atom is 0.308 e. The number of rotatable bonds is 6. The molecule has 1 heterocycles. The molecular weight excluding hydrogens is 334 g/mol. The van der Waals surface area contributed by atoms with Crippen LogP contribution in [0, 0.1) is 0 Å². The third kappa shape index (κ3) is 5.08. The van der Waals surface area contributed by atoms with Crippen LogP contribution in [0.25, 0.3) is 0 Å². The van der Waals surface area contributed by atoms with Gasteiger partial charge in [0.05, 0.1) is 24.1 Å². The normalized spacial score (nSPS) is 12.0. The van der Waals surface area contributed by atoms with E-state index in [2.05, 4.69) is 5.32 Å². The Morgan fingerprint density at radius 1 is 1.26 bits per heavy atom. The summed E-state index contributed by atoms with van der Waals surface area (Å²) in [4.78, 5) is 24.3. The predicted octanol–water partition coefficient (Wildman–Crippen LogP) is 4.21. The van der Waals surface area contributed by atoms with Gasteiger partial charge in [0.1, 0.15) is 0 Å².